The smallest absolute Gasteiger partial charge is 0.217 e. The minimum atomic E-state index is -0.0693. The minimum absolute atomic E-state index is 0.0693. The highest BCUT2D eigenvalue weighted by Gasteiger charge is 1.96. The molecule has 0 spiro atoms. The summed E-state index contributed by atoms with van der Waals surface area (Å²) in [5, 5.41) is 2.63. The Morgan fingerprint density at radius 1 is 1.67 bits per heavy atom. The lowest BCUT2D eigenvalue weighted by molar-refractivity contribution is -0.119. The third-order valence-electron chi connectivity index (χ3n) is 1.34. The number of rotatable bonds is 2. The molecular formula is C8H11N3O. The van der Waals surface area contributed by atoms with Crippen LogP contribution in [0.25, 0.3) is 0 Å². The van der Waals surface area contributed by atoms with Crippen LogP contribution in [0.5, 0.6) is 0 Å². The van der Waals surface area contributed by atoms with Gasteiger partial charge in [-0.25, -0.2) is 9.97 Å². The number of nitrogens with one attached hydrogen (secondary N) is 1. The third kappa shape index (κ3) is 2.65. The Morgan fingerprint density at radius 2 is 2.42 bits per heavy atom. The second-order valence-corrected chi connectivity index (χ2v) is 2.52. The van der Waals surface area contributed by atoms with Gasteiger partial charge in [0.15, 0.2) is 0 Å². The molecule has 1 amide bonds. The minimum Gasteiger partial charge on any atom is -0.349 e. The van der Waals surface area contributed by atoms with Gasteiger partial charge in [-0.1, -0.05) is 0 Å². The van der Waals surface area contributed by atoms with Crippen molar-refractivity contribution in [2.45, 2.75) is 20.4 Å². The highest BCUT2D eigenvalue weighted by atomic mass is 16.1. The average molecular weight is 165 g/mol. The van der Waals surface area contributed by atoms with Crippen LogP contribution in [0.4, 0.5) is 0 Å². The molecule has 1 rings (SSSR count). The van der Waals surface area contributed by atoms with Gasteiger partial charge in [0.25, 0.3) is 0 Å². The predicted octanol–water partition coefficient (Wildman–Crippen LogP) is 0.421. The van der Waals surface area contributed by atoms with Gasteiger partial charge in [-0.2, -0.15) is 0 Å². The highest BCUT2D eigenvalue weighted by molar-refractivity contribution is 5.72. The van der Waals surface area contributed by atoms with Crippen LogP contribution < -0.4 is 5.32 Å². The molecule has 1 N–H and O–H groups in total. The summed E-state index contributed by atoms with van der Waals surface area (Å²) in [7, 11) is 0. The standard InChI is InChI=1S/C8H11N3O/c1-6-3-4-9-8(11-6)5-10-7(2)12/h3-4H,5H2,1-2H3,(H,10,12). The number of amides is 1. The topological polar surface area (TPSA) is 54.9 Å². The first-order valence-electron chi connectivity index (χ1n) is 3.71. The first-order chi connectivity index (χ1) is 5.68. The van der Waals surface area contributed by atoms with Crippen LogP contribution in [0, 0.1) is 6.92 Å². The van der Waals surface area contributed by atoms with Crippen LogP contribution in [0.3, 0.4) is 0 Å². The molecule has 0 bridgehead atoms. The van der Waals surface area contributed by atoms with Gasteiger partial charge in [0.2, 0.25) is 5.91 Å². The van der Waals surface area contributed by atoms with Crippen LogP contribution in [-0.2, 0) is 11.3 Å². The Kier molecular flexibility index (Phi) is 2.74. The van der Waals surface area contributed by atoms with Gasteiger partial charge >= 0.3 is 0 Å². The summed E-state index contributed by atoms with van der Waals surface area (Å²) in [6, 6.07) is 1.82. The average Bonchev–Trinajstić information content (AvgIpc) is 2.01. The molecule has 0 aliphatic carbocycles. The quantitative estimate of drug-likeness (QED) is 0.691. The summed E-state index contributed by atoms with van der Waals surface area (Å²) in [5.41, 5.74) is 0.908. The SMILES string of the molecule is CC(=O)NCc1nccc(C)n1. The fraction of sp³-hybridized carbons (Fsp3) is 0.375. The largest absolute Gasteiger partial charge is 0.349 e. The molecule has 0 atom stereocenters. The van der Waals surface area contributed by atoms with E-state index in [1.165, 1.54) is 6.92 Å². The summed E-state index contributed by atoms with van der Waals surface area (Å²) in [4.78, 5) is 18.6. The molecule has 0 saturated heterocycles. The molecule has 12 heavy (non-hydrogen) atoms. The van der Waals surface area contributed by atoms with Crippen LogP contribution in [0.1, 0.15) is 18.4 Å². The number of aryl methyl sites for hydroxylation is 1. The molecule has 0 fully saturated rings. The molecule has 1 heterocycles. The predicted molar refractivity (Wildman–Crippen MR) is 44.3 cm³/mol. The molecule has 64 valence electrons. The molecule has 0 unspecified atom stereocenters. The van der Waals surface area contributed by atoms with Gasteiger partial charge in [-0.3, -0.25) is 4.79 Å². The van der Waals surface area contributed by atoms with E-state index in [0.29, 0.717) is 12.4 Å². The monoisotopic (exact) mass is 165 g/mol. The number of nitrogens with zero attached hydrogens (tertiary/aromatic N) is 2. The summed E-state index contributed by atoms with van der Waals surface area (Å²) < 4.78 is 0. The maximum Gasteiger partial charge on any atom is 0.217 e. The lowest BCUT2D eigenvalue weighted by Gasteiger charge is -2.00. The van der Waals surface area contributed by atoms with Gasteiger partial charge in [-0.05, 0) is 13.0 Å². The van der Waals surface area contributed by atoms with E-state index in [1.54, 1.807) is 6.20 Å². The van der Waals surface area contributed by atoms with Crippen molar-refractivity contribution in [3.63, 3.8) is 0 Å². The van der Waals surface area contributed by atoms with Crippen LogP contribution in [0.15, 0.2) is 12.3 Å². The summed E-state index contributed by atoms with van der Waals surface area (Å²) in [6.45, 7) is 3.76. The van der Waals surface area contributed by atoms with Crippen molar-refractivity contribution in [2.75, 3.05) is 0 Å². The van der Waals surface area contributed by atoms with Crippen molar-refractivity contribution in [3.05, 3.63) is 23.8 Å². The lowest BCUT2D eigenvalue weighted by atomic mass is 10.4. The van der Waals surface area contributed by atoms with Crippen molar-refractivity contribution in [1.29, 1.82) is 0 Å². The van der Waals surface area contributed by atoms with Crippen LogP contribution in [-0.4, -0.2) is 15.9 Å². The summed E-state index contributed by atoms with van der Waals surface area (Å²) in [6.07, 6.45) is 1.68. The molecule has 4 heteroatoms. The summed E-state index contributed by atoms with van der Waals surface area (Å²) >= 11 is 0. The van der Waals surface area contributed by atoms with Crippen molar-refractivity contribution >= 4 is 5.91 Å². The van der Waals surface area contributed by atoms with Gasteiger partial charge in [-0.15, -0.1) is 0 Å². The third-order valence-corrected chi connectivity index (χ3v) is 1.34. The number of carbonyl (C=O) groups excluding carboxylic acids is 1. The molecule has 0 aliphatic heterocycles. The zero-order chi connectivity index (χ0) is 8.97. The Morgan fingerprint density at radius 3 is 3.00 bits per heavy atom. The number of carbonyl (C=O) groups is 1. The van der Waals surface area contributed by atoms with Crippen LogP contribution >= 0.6 is 0 Å². The lowest BCUT2D eigenvalue weighted by Crippen LogP contribution is -2.20. The molecule has 0 saturated carbocycles. The Hall–Kier alpha value is -1.45. The fourth-order valence-electron chi connectivity index (χ4n) is 0.790. The second kappa shape index (κ2) is 3.80. The van der Waals surface area contributed by atoms with Crippen molar-refractivity contribution < 1.29 is 4.79 Å². The van der Waals surface area contributed by atoms with Crippen molar-refractivity contribution in [1.82, 2.24) is 15.3 Å². The molecule has 4 nitrogen and oxygen atoms in total. The highest BCUT2D eigenvalue weighted by Crippen LogP contribution is 1.92. The van der Waals surface area contributed by atoms with E-state index < -0.39 is 0 Å². The van der Waals surface area contributed by atoms with E-state index in [4.69, 9.17) is 0 Å². The van der Waals surface area contributed by atoms with Crippen molar-refractivity contribution in [2.24, 2.45) is 0 Å². The number of aromatic nitrogens is 2. The molecule has 1 aromatic heterocycles. The second-order valence-electron chi connectivity index (χ2n) is 2.52. The Balaban J connectivity index is 2.57. The van der Waals surface area contributed by atoms with Gasteiger partial charge < -0.3 is 5.32 Å². The zero-order valence-electron chi connectivity index (χ0n) is 7.16. The fourth-order valence-corrected chi connectivity index (χ4v) is 0.790. The van der Waals surface area contributed by atoms with E-state index in [9.17, 15) is 4.79 Å². The maximum atomic E-state index is 10.5. The maximum absolute atomic E-state index is 10.5. The Bertz CT molecular complexity index is 285. The van der Waals surface area contributed by atoms with E-state index in [2.05, 4.69) is 15.3 Å². The zero-order valence-corrected chi connectivity index (χ0v) is 7.16. The molecule has 1 aromatic rings. The van der Waals surface area contributed by atoms with E-state index in [0.717, 1.165) is 5.69 Å². The Labute approximate surface area is 71.0 Å². The first-order valence-corrected chi connectivity index (χ1v) is 3.71. The number of hydrogen-bond donors (Lipinski definition) is 1. The van der Waals surface area contributed by atoms with E-state index in [-0.39, 0.29) is 5.91 Å². The van der Waals surface area contributed by atoms with Crippen molar-refractivity contribution in [3.8, 4) is 0 Å². The molecule has 0 aromatic carbocycles. The number of hydrogen-bond acceptors (Lipinski definition) is 3. The molecule has 0 aliphatic rings. The summed E-state index contributed by atoms with van der Waals surface area (Å²) in [5.74, 6) is 0.574. The van der Waals surface area contributed by atoms with Gasteiger partial charge in [0.05, 0.1) is 6.54 Å². The first kappa shape index (κ1) is 8.64. The molecule has 0 radical (unpaired) electrons. The van der Waals surface area contributed by atoms with E-state index in [1.807, 2.05) is 13.0 Å². The molecular weight excluding hydrogens is 154 g/mol. The van der Waals surface area contributed by atoms with Gasteiger partial charge in [0, 0.05) is 18.8 Å². The normalized spacial score (nSPS) is 9.50. The van der Waals surface area contributed by atoms with Gasteiger partial charge in [0.1, 0.15) is 5.82 Å². The van der Waals surface area contributed by atoms with Crippen LogP contribution in [0.2, 0.25) is 0 Å². The van der Waals surface area contributed by atoms with E-state index >= 15 is 0 Å².